The number of nitrogen functional groups attached to an aromatic ring is 1. The monoisotopic (exact) mass is 251 g/mol. The van der Waals surface area contributed by atoms with Gasteiger partial charge in [-0.2, -0.15) is 0 Å². The predicted octanol–water partition coefficient (Wildman–Crippen LogP) is -0.148. The van der Waals surface area contributed by atoms with E-state index >= 15 is 0 Å². The second-order valence-electron chi connectivity index (χ2n) is 3.93. The number of hydrogen-bond acceptors (Lipinski definition) is 4. The van der Waals surface area contributed by atoms with Gasteiger partial charge in [0.1, 0.15) is 5.75 Å². The number of carbonyl (C=O) groups is 2. The first-order valence-corrected chi connectivity index (χ1v) is 5.44. The van der Waals surface area contributed by atoms with Crippen molar-refractivity contribution in [1.29, 1.82) is 0 Å². The summed E-state index contributed by atoms with van der Waals surface area (Å²) < 4.78 is 5.22. The number of anilines is 1. The number of nitrogens with zero attached hydrogens (tertiary/aromatic N) is 1. The average Bonchev–Trinajstić information content (AvgIpc) is 2.33. The minimum absolute atomic E-state index is 0.0356. The number of carbonyl (C=O) groups excluding carboxylic acids is 2. The van der Waals surface area contributed by atoms with Gasteiger partial charge >= 0.3 is 0 Å². The van der Waals surface area contributed by atoms with E-state index in [9.17, 15) is 9.59 Å². The molecule has 1 aromatic carbocycles. The standard InChI is InChI=1S/C12H17N3O3/c1-15(2)12(17)7-14-11(16)8-18-10-5-3-4-9(13)6-10/h3-6H,7-8,13H2,1-2H3,(H,14,16). The first-order valence-electron chi connectivity index (χ1n) is 5.44. The Morgan fingerprint density at radius 1 is 1.39 bits per heavy atom. The summed E-state index contributed by atoms with van der Waals surface area (Å²) in [6.07, 6.45) is 0. The zero-order valence-electron chi connectivity index (χ0n) is 10.5. The molecule has 0 radical (unpaired) electrons. The Labute approximate surface area is 106 Å². The lowest BCUT2D eigenvalue weighted by atomic mass is 10.3. The van der Waals surface area contributed by atoms with Gasteiger partial charge in [-0.25, -0.2) is 0 Å². The van der Waals surface area contributed by atoms with Crippen molar-refractivity contribution < 1.29 is 14.3 Å². The smallest absolute Gasteiger partial charge is 0.258 e. The highest BCUT2D eigenvalue weighted by Crippen LogP contribution is 2.13. The lowest BCUT2D eigenvalue weighted by Gasteiger charge is -2.11. The molecule has 1 rings (SSSR count). The van der Waals surface area contributed by atoms with Crippen LogP contribution in [-0.4, -0.2) is 44.0 Å². The van der Waals surface area contributed by atoms with E-state index in [0.717, 1.165) is 0 Å². The topological polar surface area (TPSA) is 84.7 Å². The van der Waals surface area contributed by atoms with Gasteiger partial charge in [0.2, 0.25) is 5.91 Å². The third kappa shape index (κ3) is 4.73. The molecule has 2 amide bonds. The molecule has 18 heavy (non-hydrogen) atoms. The average molecular weight is 251 g/mol. The Kier molecular flexibility index (Phi) is 4.98. The van der Waals surface area contributed by atoms with E-state index in [-0.39, 0.29) is 25.0 Å². The minimum Gasteiger partial charge on any atom is -0.484 e. The van der Waals surface area contributed by atoms with Gasteiger partial charge in [0, 0.05) is 25.8 Å². The molecule has 0 heterocycles. The van der Waals surface area contributed by atoms with Crippen molar-refractivity contribution in [1.82, 2.24) is 10.2 Å². The summed E-state index contributed by atoms with van der Waals surface area (Å²) in [5, 5.41) is 2.46. The predicted molar refractivity (Wildman–Crippen MR) is 68.1 cm³/mol. The van der Waals surface area contributed by atoms with Crippen LogP contribution in [0.4, 0.5) is 5.69 Å². The van der Waals surface area contributed by atoms with Crippen molar-refractivity contribution in [2.24, 2.45) is 0 Å². The minimum atomic E-state index is -0.354. The van der Waals surface area contributed by atoms with Crippen LogP contribution in [0, 0.1) is 0 Å². The van der Waals surface area contributed by atoms with Crippen LogP contribution in [0.1, 0.15) is 0 Å². The van der Waals surface area contributed by atoms with E-state index in [1.165, 1.54) is 4.90 Å². The Hall–Kier alpha value is -2.24. The molecule has 0 aliphatic carbocycles. The van der Waals surface area contributed by atoms with Crippen LogP contribution < -0.4 is 15.8 Å². The number of hydrogen-bond donors (Lipinski definition) is 2. The van der Waals surface area contributed by atoms with Crippen molar-refractivity contribution in [3.05, 3.63) is 24.3 Å². The quantitative estimate of drug-likeness (QED) is 0.713. The normalized spacial score (nSPS) is 9.67. The Balaban J connectivity index is 2.31. The molecular formula is C12H17N3O3. The highest BCUT2D eigenvalue weighted by atomic mass is 16.5. The molecular weight excluding hydrogens is 234 g/mol. The molecule has 3 N–H and O–H groups in total. The molecule has 0 saturated carbocycles. The van der Waals surface area contributed by atoms with Crippen LogP contribution in [0.25, 0.3) is 0 Å². The van der Waals surface area contributed by atoms with E-state index < -0.39 is 0 Å². The maximum absolute atomic E-state index is 11.4. The largest absolute Gasteiger partial charge is 0.484 e. The van der Waals surface area contributed by atoms with Gasteiger partial charge in [-0.15, -0.1) is 0 Å². The van der Waals surface area contributed by atoms with Gasteiger partial charge in [0.25, 0.3) is 5.91 Å². The third-order valence-corrected chi connectivity index (χ3v) is 2.16. The summed E-state index contributed by atoms with van der Waals surface area (Å²) in [6.45, 7) is -0.184. The Morgan fingerprint density at radius 2 is 2.11 bits per heavy atom. The summed E-state index contributed by atoms with van der Waals surface area (Å²) in [6, 6.07) is 6.79. The van der Waals surface area contributed by atoms with Crippen LogP contribution in [0.2, 0.25) is 0 Å². The number of nitrogens with two attached hydrogens (primary N) is 1. The van der Waals surface area contributed by atoms with Crippen LogP contribution in [0.15, 0.2) is 24.3 Å². The van der Waals surface area contributed by atoms with Gasteiger partial charge in [-0.3, -0.25) is 9.59 Å². The lowest BCUT2D eigenvalue weighted by molar-refractivity contribution is -0.131. The summed E-state index contributed by atoms with van der Waals surface area (Å²) in [5.74, 6) is -0.0102. The summed E-state index contributed by atoms with van der Waals surface area (Å²) in [4.78, 5) is 24.0. The van der Waals surface area contributed by atoms with Crippen LogP contribution in [0.5, 0.6) is 5.75 Å². The molecule has 0 spiro atoms. The highest BCUT2D eigenvalue weighted by molar-refractivity contribution is 5.85. The number of rotatable bonds is 5. The summed E-state index contributed by atoms with van der Waals surface area (Å²) >= 11 is 0. The molecule has 0 aromatic heterocycles. The molecule has 1 aromatic rings. The van der Waals surface area contributed by atoms with Crippen molar-refractivity contribution in [2.45, 2.75) is 0 Å². The van der Waals surface area contributed by atoms with E-state index in [4.69, 9.17) is 10.5 Å². The molecule has 0 fully saturated rings. The molecule has 0 unspecified atom stereocenters. The molecule has 0 aliphatic heterocycles. The number of nitrogens with one attached hydrogen (secondary N) is 1. The van der Waals surface area contributed by atoms with Gasteiger partial charge in [0.05, 0.1) is 6.54 Å². The van der Waals surface area contributed by atoms with Gasteiger partial charge in [0.15, 0.2) is 6.61 Å². The third-order valence-electron chi connectivity index (χ3n) is 2.16. The highest BCUT2D eigenvalue weighted by Gasteiger charge is 2.07. The molecule has 6 nitrogen and oxygen atoms in total. The zero-order valence-corrected chi connectivity index (χ0v) is 10.5. The van der Waals surface area contributed by atoms with Crippen molar-refractivity contribution in [3.63, 3.8) is 0 Å². The first-order chi connectivity index (χ1) is 8.49. The van der Waals surface area contributed by atoms with Crippen LogP contribution in [0.3, 0.4) is 0 Å². The van der Waals surface area contributed by atoms with Gasteiger partial charge in [-0.05, 0) is 12.1 Å². The van der Waals surface area contributed by atoms with E-state index in [1.807, 2.05) is 0 Å². The molecule has 0 saturated heterocycles. The van der Waals surface area contributed by atoms with Crippen molar-refractivity contribution in [2.75, 3.05) is 33.0 Å². The Bertz CT molecular complexity index is 432. The fourth-order valence-electron chi connectivity index (χ4n) is 1.14. The Morgan fingerprint density at radius 3 is 2.72 bits per heavy atom. The molecule has 0 aliphatic rings. The molecule has 0 atom stereocenters. The molecule has 98 valence electrons. The number of amides is 2. The van der Waals surface area contributed by atoms with Crippen LogP contribution in [-0.2, 0) is 9.59 Å². The summed E-state index contributed by atoms with van der Waals surface area (Å²) in [5.41, 5.74) is 6.13. The maximum atomic E-state index is 11.4. The van der Waals surface area contributed by atoms with Gasteiger partial charge < -0.3 is 20.7 Å². The number of ether oxygens (including phenoxy) is 1. The van der Waals surface area contributed by atoms with E-state index in [0.29, 0.717) is 11.4 Å². The number of benzene rings is 1. The van der Waals surface area contributed by atoms with Crippen LogP contribution >= 0.6 is 0 Å². The van der Waals surface area contributed by atoms with Crippen molar-refractivity contribution >= 4 is 17.5 Å². The second kappa shape index (κ2) is 6.48. The number of likely N-dealkylation sites (N-methyl/N-ethyl adjacent to an activating group) is 1. The van der Waals surface area contributed by atoms with Crippen molar-refractivity contribution in [3.8, 4) is 5.75 Å². The molecule has 6 heteroatoms. The fourth-order valence-corrected chi connectivity index (χ4v) is 1.14. The molecule has 0 bridgehead atoms. The zero-order chi connectivity index (χ0) is 13.5. The maximum Gasteiger partial charge on any atom is 0.258 e. The lowest BCUT2D eigenvalue weighted by Crippen LogP contribution is -2.38. The van der Waals surface area contributed by atoms with E-state index in [1.54, 1.807) is 38.4 Å². The van der Waals surface area contributed by atoms with Gasteiger partial charge in [-0.1, -0.05) is 6.07 Å². The second-order valence-corrected chi connectivity index (χ2v) is 3.93. The first kappa shape index (κ1) is 13.8. The van der Waals surface area contributed by atoms with E-state index in [2.05, 4.69) is 5.32 Å². The SMILES string of the molecule is CN(C)C(=O)CNC(=O)COc1cccc(N)c1. The fraction of sp³-hybridized carbons (Fsp3) is 0.333. The summed E-state index contributed by atoms with van der Waals surface area (Å²) in [7, 11) is 3.25.